The van der Waals surface area contributed by atoms with Crippen molar-refractivity contribution in [1.82, 2.24) is 14.8 Å². The van der Waals surface area contributed by atoms with E-state index >= 15 is 0 Å². The van der Waals surface area contributed by atoms with Crippen molar-refractivity contribution in [2.24, 2.45) is 0 Å². The molecule has 0 radical (unpaired) electrons. The van der Waals surface area contributed by atoms with Crippen molar-refractivity contribution in [1.29, 1.82) is 0 Å². The largest absolute Gasteiger partial charge is 0.507 e. The molecule has 1 N–H and O–H groups in total. The molecule has 7 nitrogen and oxygen atoms in total. The van der Waals surface area contributed by atoms with Gasteiger partial charge >= 0.3 is 0 Å². The van der Waals surface area contributed by atoms with E-state index in [1.54, 1.807) is 36.7 Å². The van der Waals surface area contributed by atoms with Crippen LogP contribution in [0, 0.1) is 0 Å². The third-order valence-electron chi connectivity index (χ3n) is 4.78. The summed E-state index contributed by atoms with van der Waals surface area (Å²) in [4.78, 5) is 33.0. The normalized spacial score (nSPS) is 18.5. The van der Waals surface area contributed by atoms with Crippen LogP contribution in [0.5, 0.6) is 5.75 Å². The Morgan fingerprint density at radius 1 is 1.24 bits per heavy atom. The van der Waals surface area contributed by atoms with Gasteiger partial charge in [0.05, 0.1) is 23.7 Å². The molecule has 1 aromatic heterocycles. The monoisotopic (exact) mass is 415 g/mol. The first kappa shape index (κ1) is 20.8. The van der Waals surface area contributed by atoms with Crippen molar-refractivity contribution < 1.29 is 19.4 Å². The number of carbonyl (C=O) groups is 2. The lowest BCUT2D eigenvalue weighted by Gasteiger charge is -2.26. The van der Waals surface area contributed by atoms with Gasteiger partial charge in [0, 0.05) is 31.0 Å². The second-order valence-electron chi connectivity index (χ2n) is 6.93. The van der Waals surface area contributed by atoms with Crippen molar-refractivity contribution >= 4 is 29.1 Å². The van der Waals surface area contributed by atoms with Crippen molar-refractivity contribution in [2.75, 3.05) is 34.3 Å². The number of hydrogen-bond donors (Lipinski definition) is 1. The molecule has 8 heteroatoms. The van der Waals surface area contributed by atoms with Crippen LogP contribution in [0.15, 0.2) is 48.3 Å². The minimum atomic E-state index is -0.727. The van der Waals surface area contributed by atoms with E-state index in [2.05, 4.69) is 4.98 Å². The lowest BCUT2D eigenvalue weighted by atomic mass is 9.96. The molecule has 152 valence electrons. The molecule has 0 bridgehead atoms. The number of likely N-dealkylation sites (tertiary alicyclic amines) is 1. The molecule has 0 aliphatic carbocycles. The fourth-order valence-corrected chi connectivity index (χ4v) is 3.54. The van der Waals surface area contributed by atoms with E-state index in [0.29, 0.717) is 35.0 Å². The van der Waals surface area contributed by atoms with Crippen LogP contribution in [-0.4, -0.2) is 65.9 Å². The molecular weight excluding hydrogens is 394 g/mol. The number of carbonyl (C=O) groups excluding carboxylic acids is 2. The molecule has 1 saturated heterocycles. The van der Waals surface area contributed by atoms with Gasteiger partial charge in [-0.05, 0) is 50.0 Å². The standard InChI is InChI=1S/C21H22ClN3O4/c1-24(2)10-11-25-18(13-6-8-23-9-7-13)17(20(27)21(25)28)19(26)14-4-5-16(29-3)15(22)12-14/h4-9,12,18,26H,10-11H2,1-3H3/t18-/m1/s1. The maximum absolute atomic E-state index is 12.9. The number of benzene rings is 1. The van der Waals surface area contributed by atoms with Crippen molar-refractivity contribution in [3.8, 4) is 5.75 Å². The number of amides is 1. The zero-order valence-corrected chi connectivity index (χ0v) is 17.2. The molecule has 3 rings (SSSR count). The number of Topliss-reactive ketones (excluding diaryl/α,β-unsaturated/α-hetero) is 1. The van der Waals surface area contributed by atoms with Gasteiger partial charge in [-0.3, -0.25) is 14.6 Å². The fourth-order valence-electron chi connectivity index (χ4n) is 3.28. The SMILES string of the molecule is COc1ccc(C(O)=C2C(=O)C(=O)N(CCN(C)C)[C@@H]2c2ccncc2)cc1Cl. The molecule has 1 aromatic carbocycles. The highest BCUT2D eigenvalue weighted by Crippen LogP contribution is 2.39. The Morgan fingerprint density at radius 2 is 1.93 bits per heavy atom. The fraction of sp³-hybridized carbons (Fsp3) is 0.286. The van der Waals surface area contributed by atoms with Gasteiger partial charge in [-0.1, -0.05) is 11.6 Å². The van der Waals surface area contributed by atoms with Crippen LogP contribution >= 0.6 is 11.6 Å². The summed E-state index contributed by atoms with van der Waals surface area (Å²) < 4.78 is 5.13. The van der Waals surface area contributed by atoms with Crippen LogP contribution in [0.25, 0.3) is 5.76 Å². The maximum atomic E-state index is 12.9. The average Bonchev–Trinajstić information content (AvgIpc) is 2.97. The van der Waals surface area contributed by atoms with E-state index in [-0.39, 0.29) is 11.3 Å². The molecule has 1 fully saturated rings. The lowest BCUT2D eigenvalue weighted by Crippen LogP contribution is -2.35. The number of nitrogens with zero attached hydrogens (tertiary/aromatic N) is 3. The second-order valence-corrected chi connectivity index (χ2v) is 7.33. The average molecular weight is 416 g/mol. The number of aliphatic hydroxyl groups is 1. The molecule has 2 heterocycles. The Kier molecular flexibility index (Phi) is 6.20. The van der Waals surface area contributed by atoms with Gasteiger partial charge in [-0.15, -0.1) is 0 Å². The topological polar surface area (TPSA) is 83.0 Å². The molecule has 0 unspecified atom stereocenters. The second kappa shape index (κ2) is 8.63. The Bertz CT molecular complexity index is 960. The summed E-state index contributed by atoms with van der Waals surface area (Å²) in [5.74, 6) is -1.20. The van der Waals surface area contributed by atoms with Crippen molar-refractivity contribution in [3.05, 3.63) is 64.4 Å². The van der Waals surface area contributed by atoms with Crippen LogP contribution in [0.1, 0.15) is 17.2 Å². The van der Waals surface area contributed by atoms with Crippen LogP contribution in [0.2, 0.25) is 5.02 Å². The van der Waals surface area contributed by atoms with E-state index < -0.39 is 17.7 Å². The van der Waals surface area contributed by atoms with Crippen LogP contribution in [-0.2, 0) is 9.59 Å². The zero-order chi connectivity index (χ0) is 21.1. The minimum Gasteiger partial charge on any atom is -0.507 e. The van der Waals surface area contributed by atoms with Crippen molar-refractivity contribution in [2.45, 2.75) is 6.04 Å². The number of aliphatic hydroxyl groups excluding tert-OH is 1. The van der Waals surface area contributed by atoms with Crippen LogP contribution in [0.3, 0.4) is 0 Å². The number of ketones is 1. The van der Waals surface area contributed by atoms with Gasteiger partial charge in [0.2, 0.25) is 0 Å². The molecule has 1 amide bonds. The van der Waals surface area contributed by atoms with E-state index in [0.717, 1.165) is 0 Å². The van der Waals surface area contributed by atoms with E-state index in [9.17, 15) is 14.7 Å². The number of pyridine rings is 1. The molecule has 0 saturated carbocycles. The Balaban J connectivity index is 2.13. The summed E-state index contributed by atoms with van der Waals surface area (Å²) in [5.41, 5.74) is 1.06. The Hall–Kier alpha value is -2.90. The summed E-state index contributed by atoms with van der Waals surface area (Å²) in [7, 11) is 5.26. The first-order valence-electron chi connectivity index (χ1n) is 9.02. The van der Waals surface area contributed by atoms with Gasteiger partial charge in [0.1, 0.15) is 11.5 Å². The number of hydrogen-bond acceptors (Lipinski definition) is 6. The number of rotatable bonds is 6. The predicted octanol–water partition coefficient (Wildman–Crippen LogP) is 2.73. The van der Waals surface area contributed by atoms with Gasteiger partial charge < -0.3 is 19.6 Å². The highest BCUT2D eigenvalue weighted by Gasteiger charge is 2.45. The number of aromatic nitrogens is 1. The molecular formula is C21H22ClN3O4. The number of methoxy groups -OCH3 is 1. The van der Waals surface area contributed by atoms with Crippen LogP contribution in [0.4, 0.5) is 0 Å². The summed E-state index contributed by atoms with van der Waals surface area (Å²) in [6.45, 7) is 0.910. The van der Waals surface area contributed by atoms with E-state index in [4.69, 9.17) is 16.3 Å². The summed E-state index contributed by atoms with van der Waals surface area (Å²) in [6.07, 6.45) is 3.18. The third kappa shape index (κ3) is 4.11. The summed E-state index contributed by atoms with van der Waals surface area (Å²) >= 11 is 6.18. The zero-order valence-electron chi connectivity index (χ0n) is 16.4. The summed E-state index contributed by atoms with van der Waals surface area (Å²) in [5, 5.41) is 11.3. The smallest absolute Gasteiger partial charge is 0.295 e. The molecule has 29 heavy (non-hydrogen) atoms. The van der Waals surface area contributed by atoms with E-state index in [1.807, 2.05) is 19.0 Å². The quantitative estimate of drug-likeness (QED) is 0.443. The molecule has 1 atom stereocenters. The number of likely N-dealkylation sites (N-methyl/N-ethyl adjacent to an activating group) is 1. The summed E-state index contributed by atoms with van der Waals surface area (Å²) in [6, 6.07) is 7.45. The highest BCUT2D eigenvalue weighted by molar-refractivity contribution is 6.46. The number of ether oxygens (including phenoxy) is 1. The third-order valence-corrected chi connectivity index (χ3v) is 5.07. The van der Waals surface area contributed by atoms with Crippen molar-refractivity contribution in [3.63, 3.8) is 0 Å². The van der Waals surface area contributed by atoms with Crippen LogP contribution < -0.4 is 4.74 Å². The molecule has 0 spiro atoms. The van der Waals surface area contributed by atoms with Gasteiger partial charge in [-0.2, -0.15) is 0 Å². The van der Waals surface area contributed by atoms with Gasteiger partial charge in [0.15, 0.2) is 0 Å². The maximum Gasteiger partial charge on any atom is 0.295 e. The molecule has 2 aromatic rings. The highest BCUT2D eigenvalue weighted by atomic mass is 35.5. The molecule has 1 aliphatic rings. The predicted molar refractivity (Wildman–Crippen MR) is 110 cm³/mol. The molecule has 1 aliphatic heterocycles. The number of halogens is 1. The van der Waals surface area contributed by atoms with Gasteiger partial charge in [-0.25, -0.2) is 0 Å². The first-order valence-corrected chi connectivity index (χ1v) is 9.40. The van der Waals surface area contributed by atoms with E-state index in [1.165, 1.54) is 18.1 Å². The minimum absolute atomic E-state index is 0.0289. The Labute approximate surface area is 174 Å². The lowest BCUT2D eigenvalue weighted by molar-refractivity contribution is -0.140. The van der Waals surface area contributed by atoms with Gasteiger partial charge in [0.25, 0.3) is 11.7 Å². The Morgan fingerprint density at radius 3 is 2.52 bits per heavy atom. The first-order chi connectivity index (χ1) is 13.8.